The van der Waals surface area contributed by atoms with Gasteiger partial charge >= 0.3 is 7.82 Å². The summed E-state index contributed by atoms with van der Waals surface area (Å²) in [6, 6.07) is -0.864. The summed E-state index contributed by atoms with van der Waals surface area (Å²) in [5.74, 6) is -0.184. The molecule has 0 aliphatic heterocycles. The molecule has 0 aromatic heterocycles. The molecule has 0 fully saturated rings. The van der Waals surface area contributed by atoms with E-state index < -0.39 is 20.0 Å². The molecule has 0 aliphatic carbocycles. The van der Waals surface area contributed by atoms with Gasteiger partial charge in [0, 0.05) is 6.42 Å². The minimum Gasteiger partial charge on any atom is -0.387 e. The largest absolute Gasteiger partial charge is 0.472 e. The Labute approximate surface area is 453 Å². The summed E-state index contributed by atoms with van der Waals surface area (Å²) >= 11 is 0. The molecule has 3 N–H and O–H groups in total. The van der Waals surface area contributed by atoms with E-state index in [1.165, 1.54) is 193 Å². The molecule has 3 atom stereocenters. The van der Waals surface area contributed by atoms with Crippen LogP contribution in [0, 0.1) is 0 Å². The molecule has 426 valence electrons. The predicted molar refractivity (Wildman–Crippen MR) is 318 cm³/mol. The molecule has 9 heteroatoms. The third kappa shape index (κ3) is 57.5. The van der Waals surface area contributed by atoms with Crippen LogP contribution in [-0.4, -0.2) is 73.4 Å². The van der Waals surface area contributed by atoms with Crippen LogP contribution in [0.15, 0.2) is 72.9 Å². The number of phosphoric ester groups is 1. The minimum atomic E-state index is -4.36. The number of aliphatic hydroxyl groups excluding tert-OH is 1. The van der Waals surface area contributed by atoms with E-state index >= 15 is 0 Å². The van der Waals surface area contributed by atoms with E-state index in [0.717, 1.165) is 64.2 Å². The number of rotatable bonds is 56. The monoisotopic (exact) mass is 1040 g/mol. The van der Waals surface area contributed by atoms with Crippen LogP contribution in [0.25, 0.3) is 0 Å². The Bertz CT molecular complexity index is 1420. The number of hydrogen-bond acceptors (Lipinski definition) is 5. The van der Waals surface area contributed by atoms with Gasteiger partial charge in [-0.1, -0.05) is 273 Å². The molecular weight excluding hydrogens is 924 g/mol. The van der Waals surface area contributed by atoms with Gasteiger partial charge in [-0.25, -0.2) is 4.57 Å². The van der Waals surface area contributed by atoms with Gasteiger partial charge in [0.05, 0.1) is 39.9 Å². The molecule has 1 amide bonds. The molecule has 0 spiro atoms. The second kappa shape index (κ2) is 54.7. The lowest BCUT2D eigenvalue weighted by atomic mass is 10.0. The third-order valence-electron chi connectivity index (χ3n) is 13.7. The van der Waals surface area contributed by atoms with Crippen molar-refractivity contribution in [2.45, 2.75) is 289 Å². The Morgan fingerprint density at radius 1 is 0.479 bits per heavy atom. The molecule has 0 radical (unpaired) electrons. The van der Waals surface area contributed by atoms with Crippen molar-refractivity contribution in [3.05, 3.63) is 72.9 Å². The van der Waals surface area contributed by atoms with Crippen LogP contribution in [0.4, 0.5) is 0 Å². The van der Waals surface area contributed by atoms with E-state index in [1.54, 1.807) is 6.08 Å². The van der Waals surface area contributed by atoms with E-state index in [2.05, 4.69) is 79.9 Å². The Hall–Kier alpha value is -2.06. The minimum absolute atomic E-state index is 0.0559. The topological polar surface area (TPSA) is 105 Å². The van der Waals surface area contributed by atoms with Crippen molar-refractivity contribution in [2.75, 3.05) is 40.9 Å². The number of amides is 1. The average molecular weight is 1040 g/mol. The Morgan fingerprint density at radius 3 is 1.26 bits per heavy atom. The highest BCUT2D eigenvalue weighted by Crippen LogP contribution is 2.43. The fraction of sp³-hybridized carbons (Fsp3) is 0.797. The molecule has 0 heterocycles. The zero-order chi connectivity index (χ0) is 53.5. The Balaban J connectivity index is 4.02. The predicted octanol–water partition coefficient (Wildman–Crippen LogP) is 19.0. The van der Waals surface area contributed by atoms with Gasteiger partial charge in [-0.2, -0.15) is 0 Å². The van der Waals surface area contributed by atoms with E-state index in [-0.39, 0.29) is 19.1 Å². The number of hydrogen-bond donors (Lipinski definition) is 3. The SMILES string of the molecule is CC/C=C\C/C=C\C/C=C\C/C=C\CCCCCCCCCCCCCCCCCCCCCCCCC(=O)NC(COP(=O)(O)OCC[N+](C)(C)C)C(O)/C=C/CC/C=C/CCCCCCCCCCCC. The van der Waals surface area contributed by atoms with Crippen molar-refractivity contribution in [2.24, 2.45) is 0 Å². The summed E-state index contributed by atoms with van der Waals surface area (Å²) in [5, 5.41) is 13.9. The second-order valence-electron chi connectivity index (χ2n) is 22.0. The molecule has 0 aromatic carbocycles. The first-order valence-corrected chi connectivity index (χ1v) is 32.3. The van der Waals surface area contributed by atoms with E-state index in [9.17, 15) is 19.4 Å². The lowest BCUT2D eigenvalue weighted by molar-refractivity contribution is -0.870. The van der Waals surface area contributed by atoms with Crippen molar-refractivity contribution in [1.29, 1.82) is 0 Å². The molecule has 0 saturated heterocycles. The molecule has 0 bridgehead atoms. The van der Waals surface area contributed by atoms with Gasteiger partial charge in [-0.05, 0) is 70.6 Å². The molecule has 8 nitrogen and oxygen atoms in total. The maximum atomic E-state index is 13.0. The number of carbonyl (C=O) groups excluding carboxylic acids is 1. The highest BCUT2D eigenvalue weighted by molar-refractivity contribution is 7.47. The number of likely N-dealkylation sites (N-methyl/N-ethyl adjacent to an activating group) is 1. The van der Waals surface area contributed by atoms with Gasteiger partial charge in [-0.15, -0.1) is 0 Å². The van der Waals surface area contributed by atoms with Crippen molar-refractivity contribution >= 4 is 13.7 Å². The molecular formula is C64H120N2O6P+. The molecule has 73 heavy (non-hydrogen) atoms. The van der Waals surface area contributed by atoms with E-state index in [1.807, 2.05) is 27.2 Å². The number of carbonyl (C=O) groups is 1. The maximum absolute atomic E-state index is 13.0. The number of aliphatic hydroxyl groups is 1. The summed E-state index contributed by atoms with van der Waals surface area (Å²) in [6.07, 6.45) is 76.0. The van der Waals surface area contributed by atoms with Crippen LogP contribution in [0.5, 0.6) is 0 Å². The van der Waals surface area contributed by atoms with Crippen LogP contribution in [0.1, 0.15) is 277 Å². The smallest absolute Gasteiger partial charge is 0.387 e. The molecule has 0 aliphatic rings. The molecule has 3 unspecified atom stereocenters. The highest BCUT2D eigenvalue weighted by atomic mass is 31.2. The van der Waals surface area contributed by atoms with Crippen LogP contribution in [0.2, 0.25) is 0 Å². The van der Waals surface area contributed by atoms with Crippen LogP contribution >= 0.6 is 7.82 Å². The molecule has 0 aromatic rings. The first-order valence-electron chi connectivity index (χ1n) is 30.8. The van der Waals surface area contributed by atoms with Gasteiger partial charge in [0.2, 0.25) is 5.91 Å². The zero-order valence-corrected chi connectivity index (χ0v) is 49.5. The second-order valence-corrected chi connectivity index (χ2v) is 23.5. The number of nitrogens with one attached hydrogen (secondary N) is 1. The van der Waals surface area contributed by atoms with Gasteiger partial charge in [0.1, 0.15) is 13.2 Å². The van der Waals surface area contributed by atoms with Gasteiger partial charge < -0.3 is 19.8 Å². The summed E-state index contributed by atoms with van der Waals surface area (Å²) in [5.41, 5.74) is 0. The number of unbranched alkanes of at least 4 members (excludes halogenated alkanes) is 33. The zero-order valence-electron chi connectivity index (χ0n) is 48.6. The number of nitrogens with zero attached hydrogens (tertiary/aromatic N) is 1. The van der Waals surface area contributed by atoms with E-state index in [0.29, 0.717) is 17.4 Å². The van der Waals surface area contributed by atoms with E-state index in [4.69, 9.17) is 9.05 Å². The summed E-state index contributed by atoms with van der Waals surface area (Å²) in [4.78, 5) is 23.3. The van der Waals surface area contributed by atoms with Crippen molar-refractivity contribution in [3.8, 4) is 0 Å². The van der Waals surface area contributed by atoms with Crippen LogP contribution < -0.4 is 5.32 Å². The first-order chi connectivity index (χ1) is 35.5. The van der Waals surface area contributed by atoms with Crippen LogP contribution in [0.3, 0.4) is 0 Å². The molecule has 0 rings (SSSR count). The van der Waals surface area contributed by atoms with Crippen LogP contribution in [-0.2, 0) is 18.4 Å². The normalized spacial score (nSPS) is 14.3. The summed E-state index contributed by atoms with van der Waals surface area (Å²) in [7, 11) is 1.56. The number of allylic oxidation sites excluding steroid dienone is 11. The summed E-state index contributed by atoms with van der Waals surface area (Å²) < 4.78 is 23.7. The quantitative estimate of drug-likeness (QED) is 0.0243. The van der Waals surface area contributed by atoms with Crippen molar-refractivity contribution in [1.82, 2.24) is 5.32 Å². The fourth-order valence-electron chi connectivity index (χ4n) is 8.87. The van der Waals surface area contributed by atoms with Gasteiger partial charge in [0.15, 0.2) is 0 Å². The molecule has 0 saturated carbocycles. The standard InChI is InChI=1S/C64H119N2O6P/c1-6-8-10-12-14-16-18-20-22-24-25-26-27-28-29-30-31-32-33-34-35-36-37-38-39-40-41-42-44-46-48-50-52-54-56-58-64(68)65-62(61-72-73(69,70)71-60-59-66(3,4)5)63(67)57-55-53-51-49-47-45-43-23-21-19-17-15-13-11-9-7-2/h8,10,14,16,20,22,25-26,47,49,55,57,62-63,67H,6-7,9,11-13,15,17-19,21,23-24,27-46,48,50-54,56,58-61H2,1-5H3,(H-,65,68,69,70)/p+1/b10-8-,16-14-,22-20-,26-25-,49-47+,57-55+. The number of quaternary nitrogens is 1. The lowest BCUT2D eigenvalue weighted by Gasteiger charge is -2.25. The van der Waals surface area contributed by atoms with Gasteiger partial charge in [0.25, 0.3) is 0 Å². The van der Waals surface area contributed by atoms with Crippen molar-refractivity contribution < 1.29 is 32.9 Å². The first kappa shape index (κ1) is 70.9. The Kier molecular flexibility index (Phi) is 53.2. The Morgan fingerprint density at radius 2 is 0.836 bits per heavy atom. The van der Waals surface area contributed by atoms with Crippen molar-refractivity contribution in [3.63, 3.8) is 0 Å². The van der Waals surface area contributed by atoms with Gasteiger partial charge in [-0.3, -0.25) is 13.8 Å². The maximum Gasteiger partial charge on any atom is 0.472 e. The number of phosphoric acid groups is 1. The third-order valence-corrected chi connectivity index (χ3v) is 14.6. The average Bonchev–Trinajstić information content (AvgIpc) is 3.35. The fourth-order valence-corrected chi connectivity index (χ4v) is 9.61. The highest BCUT2D eigenvalue weighted by Gasteiger charge is 2.27. The summed E-state index contributed by atoms with van der Waals surface area (Å²) in [6.45, 7) is 4.70. The lowest BCUT2D eigenvalue weighted by Crippen LogP contribution is -2.45.